The van der Waals surface area contributed by atoms with E-state index in [1.165, 1.54) is 10.9 Å². The summed E-state index contributed by atoms with van der Waals surface area (Å²) in [4.78, 5) is 23.9. The molecule has 0 bridgehead atoms. The van der Waals surface area contributed by atoms with Gasteiger partial charge in [-0.1, -0.05) is 35.9 Å². The van der Waals surface area contributed by atoms with E-state index in [2.05, 4.69) is 22.4 Å². The van der Waals surface area contributed by atoms with Gasteiger partial charge >= 0.3 is 0 Å². The standard InChI is InChI=1S/C24H22ClFN4OS/c1-16-14-30-21(22(27-24(30)32-16)17-6-8-18(25)9-7-17)15-28-10-12-29(13-11-28)23(31)19-4-2-3-5-20(19)26/h2-9,14H,10-13,15H2,1H3. The Balaban J connectivity index is 1.35. The van der Waals surface area contributed by atoms with Crippen molar-refractivity contribution in [3.05, 3.63) is 81.7 Å². The van der Waals surface area contributed by atoms with Crippen LogP contribution in [0.3, 0.4) is 0 Å². The van der Waals surface area contributed by atoms with Crippen molar-refractivity contribution in [1.29, 1.82) is 0 Å². The first kappa shape index (κ1) is 21.1. The van der Waals surface area contributed by atoms with Gasteiger partial charge in [0.15, 0.2) is 4.96 Å². The molecule has 0 aliphatic carbocycles. The zero-order valence-corrected chi connectivity index (χ0v) is 19.2. The molecular weight excluding hydrogens is 447 g/mol. The maximum Gasteiger partial charge on any atom is 0.256 e. The molecule has 0 unspecified atom stereocenters. The number of carbonyl (C=O) groups is 1. The van der Waals surface area contributed by atoms with Gasteiger partial charge in [0.2, 0.25) is 0 Å². The Bertz CT molecular complexity index is 1280. The quantitative estimate of drug-likeness (QED) is 0.417. The molecule has 8 heteroatoms. The molecule has 4 aromatic rings. The molecule has 5 nitrogen and oxygen atoms in total. The lowest BCUT2D eigenvalue weighted by atomic mass is 10.1. The number of nitrogens with zero attached hydrogens (tertiary/aromatic N) is 4. The van der Waals surface area contributed by atoms with Gasteiger partial charge in [-0.15, -0.1) is 11.3 Å². The fourth-order valence-electron chi connectivity index (χ4n) is 4.12. The Morgan fingerprint density at radius 2 is 1.81 bits per heavy atom. The van der Waals surface area contributed by atoms with Crippen molar-refractivity contribution in [2.24, 2.45) is 0 Å². The predicted molar refractivity (Wildman–Crippen MR) is 126 cm³/mol. The number of imidazole rings is 1. The Hall–Kier alpha value is -2.74. The summed E-state index contributed by atoms with van der Waals surface area (Å²) in [5, 5.41) is 0.697. The van der Waals surface area contributed by atoms with Crippen LogP contribution in [0, 0.1) is 12.7 Å². The van der Waals surface area contributed by atoms with Gasteiger partial charge in [0, 0.05) is 54.4 Å². The number of halogens is 2. The normalized spacial score (nSPS) is 14.9. The molecule has 1 aliphatic rings. The molecule has 0 N–H and O–H groups in total. The first-order valence-electron chi connectivity index (χ1n) is 10.5. The van der Waals surface area contributed by atoms with E-state index in [1.807, 2.05) is 24.3 Å². The van der Waals surface area contributed by atoms with Gasteiger partial charge in [0.1, 0.15) is 5.82 Å². The van der Waals surface area contributed by atoms with Gasteiger partial charge in [-0.05, 0) is 31.2 Å². The molecule has 3 heterocycles. The highest BCUT2D eigenvalue weighted by atomic mass is 35.5. The molecule has 1 amide bonds. The molecule has 0 spiro atoms. The summed E-state index contributed by atoms with van der Waals surface area (Å²) in [6.07, 6.45) is 2.12. The third-order valence-corrected chi connectivity index (χ3v) is 6.95. The molecule has 1 fully saturated rings. The number of benzene rings is 2. The van der Waals surface area contributed by atoms with E-state index in [9.17, 15) is 9.18 Å². The van der Waals surface area contributed by atoms with Gasteiger partial charge < -0.3 is 4.90 Å². The highest BCUT2D eigenvalue weighted by molar-refractivity contribution is 7.17. The lowest BCUT2D eigenvalue weighted by Crippen LogP contribution is -2.48. The van der Waals surface area contributed by atoms with Crippen LogP contribution in [0.15, 0.2) is 54.7 Å². The summed E-state index contributed by atoms with van der Waals surface area (Å²) in [6.45, 7) is 5.37. The lowest BCUT2D eigenvalue weighted by molar-refractivity contribution is 0.0622. The Kier molecular flexibility index (Phi) is 5.71. The number of aromatic nitrogens is 2. The Morgan fingerprint density at radius 1 is 1.09 bits per heavy atom. The first-order chi connectivity index (χ1) is 15.5. The topological polar surface area (TPSA) is 40.9 Å². The van der Waals surface area contributed by atoms with Crippen molar-refractivity contribution < 1.29 is 9.18 Å². The molecule has 2 aromatic heterocycles. The zero-order chi connectivity index (χ0) is 22.2. The van der Waals surface area contributed by atoms with Gasteiger partial charge in [0.05, 0.1) is 17.0 Å². The minimum absolute atomic E-state index is 0.136. The van der Waals surface area contributed by atoms with Crippen molar-refractivity contribution in [2.75, 3.05) is 26.2 Å². The van der Waals surface area contributed by atoms with Crippen LogP contribution in [0.2, 0.25) is 5.02 Å². The molecule has 0 atom stereocenters. The summed E-state index contributed by atoms with van der Waals surface area (Å²) in [7, 11) is 0. The van der Waals surface area contributed by atoms with Crippen LogP contribution in [0.4, 0.5) is 4.39 Å². The number of rotatable bonds is 4. The SMILES string of the molecule is Cc1cn2c(CN3CCN(C(=O)c4ccccc4F)CC3)c(-c3ccc(Cl)cc3)nc2s1. The summed E-state index contributed by atoms with van der Waals surface area (Å²) in [6, 6.07) is 13.9. The Labute approximate surface area is 194 Å². The van der Waals surface area contributed by atoms with Crippen molar-refractivity contribution in [3.8, 4) is 11.3 Å². The van der Waals surface area contributed by atoms with Crippen LogP contribution in [0.5, 0.6) is 0 Å². The third kappa shape index (κ3) is 4.03. The van der Waals surface area contributed by atoms with Crippen molar-refractivity contribution in [1.82, 2.24) is 19.2 Å². The lowest BCUT2D eigenvalue weighted by Gasteiger charge is -2.34. The maximum absolute atomic E-state index is 14.0. The van der Waals surface area contributed by atoms with E-state index in [0.29, 0.717) is 18.1 Å². The van der Waals surface area contributed by atoms with Crippen LogP contribution in [0.25, 0.3) is 16.2 Å². The second-order valence-corrected chi connectivity index (χ2v) is 9.61. The largest absolute Gasteiger partial charge is 0.336 e. The summed E-state index contributed by atoms with van der Waals surface area (Å²) < 4.78 is 16.2. The van der Waals surface area contributed by atoms with E-state index in [1.54, 1.807) is 34.4 Å². The van der Waals surface area contributed by atoms with Crippen molar-refractivity contribution >= 4 is 33.8 Å². The summed E-state index contributed by atoms with van der Waals surface area (Å²) >= 11 is 7.75. The van der Waals surface area contributed by atoms with Gasteiger partial charge in [-0.25, -0.2) is 9.37 Å². The third-order valence-electron chi connectivity index (χ3n) is 5.80. The molecule has 2 aromatic carbocycles. The number of fused-ring (bicyclic) bond motifs is 1. The van der Waals surface area contributed by atoms with Crippen molar-refractivity contribution in [3.63, 3.8) is 0 Å². The predicted octanol–water partition coefficient (Wildman–Crippen LogP) is 5.12. The number of aryl methyl sites for hydroxylation is 1. The Morgan fingerprint density at radius 3 is 2.53 bits per heavy atom. The second kappa shape index (κ2) is 8.65. The van der Waals surface area contributed by atoms with E-state index in [4.69, 9.17) is 16.6 Å². The number of piperazine rings is 1. The molecule has 32 heavy (non-hydrogen) atoms. The van der Waals surface area contributed by atoms with Crippen LogP contribution in [-0.4, -0.2) is 51.3 Å². The molecule has 0 radical (unpaired) electrons. The summed E-state index contributed by atoms with van der Waals surface area (Å²) in [5.74, 6) is -0.716. The number of hydrogen-bond acceptors (Lipinski definition) is 4. The van der Waals surface area contributed by atoms with E-state index in [0.717, 1.165) is 41.5 Å². The van der Waals surface area contributed by atoms with Gasteiger partial charge in [0.25, 0.3) is 5.91 Å². The monoisotopic (exact) mass is 468 g/mol. The van der Waals surface area contributed by atoms with Gasteiger partial charge in [-0.2, -0.15) is 0 Å². The first-order valence-corrected chi connectivity index (χ1v) is 11.7. The molecule has 0 saturated carbocycles. The van der Waals surface area contributed by atoms with Crippen LogP contribution in [0.1, 0.15) is 20.9 Å². The zero-order valence-electron chi connectivity index (χ0n) is 17.6. The minimum atomic E-state index is -0.470. The number of thiazole rings is 1. The van der Waals surface area contributed by atoms with E-state index >= 15 is 0 Å². The minimum Gasteiger partial charge on any atom is -0.336 e. The summed E-state index contributed by atoms with van der Waals surface area (Å²) in [5.41, 5.74) is 3.25. The maximum atomic E-state index is 14.0. The van der Waals surface area contributed by atoms with E-state index in [-0.39, 0.29) is 11.5 Å². The highest BCUT2D eigenvalue weighted by Crippen LogP contribution is 2.30. The molecular formula is C24H22ClFN4OS. The molecule has 5 rings (SSSR count). The van der Waals surface area contributed by atoms with Crippen molar-refractivity contribution in [2.45, 2.75) is 13.5 Å². The number of carbonyl (C=O) groups excluding carboxylic acids is 1. The molecule has 164 valence electrons. The average Bonchev–Trinajstić information content (AvgIpc) is 3.31. The van der Waals surface area contributed by atoms with Gasteiger partial charge in [-0.3, -0.25) is 14.1 Å². The fraction of sp³-hybridized carbons (Fsp3) is 0.250. The smallest absolute Gasteiger partial charge is 0.256 e. The number of amides is 1. The second-order valence-electron chi connectivity index (χ2n) is 7.96. The number of hydrogen-bond donors (Lipinski definition) is 0. The molecule has 1 aliphatic heterocycles. The molecule has 1 saturated heterocycles. The average molecular weight is 469 g/mol. The van der Waals surface area contributed by atoms with Crippen LogP contribution in [-0.2, 0) is 6.54 Å². The highest BCUT2D eigenvalue weighted by Gasteiger charge is 2.26. The fourth-order valence-corrected chi connectivity index (χ4v) is 5.09. The van der Waals surface area contributed by atoms with E-state index < -0.39 is 5.82 Å². The van der Waals surface area contributed by atoms with Crippen LogP contribution >= 0.6 is 22.9 Å². The van der Waals surface area contributed by atoms with Crippen LogP contribution < -0.4 is 0 Å².